The Balaban J connectivity index is 2.17. The highest BCUT2D eigenvalue weighted by atomic mass is 19.1. The van der Waals surface area contributed by atoms with Gasteiger partial charge < -0.3 is 9.84 Å². The molecule has 102 valence electrons. The molecule has 0 amide bonds. The monoisotopic (exact) mass is 272 g/mol. The summed E-state index contributed by atoms with van der Waals surface area (Å²) in [4.78, 5) is 11.9. The molecule has 3 nitrogen and oxygen atoms in total. The molecule has 2 aromatic rings. The first-order chi connectivity index (χ1) is 9.60. The van der Waals surface area contributed by atoms with Crippen LogP contribution in [0.4, 0.5) is 4.39 Å². The van der Waals surface area contributed by atoms with Gasteiger partial charge in [-0.3, -0.25) is 4.79 Å². The molecule has 0 saturated carbocycles. The van der Waals surface area contributed by atoms with Crippen LogP contribution in [0.15, 0.2) is 48.5 Å². The van der Waals surface area contributed by atoms with Crippen LogP contribution >= 0.6 is 0 Å². The Kier molecular flexibility index (Phi) is 4.15. The fraction of sp³-hybridized carbons (Fsp3) is 0.0625. The summed E-state index contributed by atoms with van der Waals surface area (Å²) in [6.45, 7) is 0. The van der Waals surface area contributed by atoms with Gasteiger partial charge in [0.1, 0.15) is 17.3 Å². The molecule has 0 atom stereocenters. The lowest BCUT2D eigenvalue weighted by Crippen LogP contribution is -1.95. The summed E-state index contributed by atoms with van der Waals surface area (Å²) in [6.07, 6.45) is 2.88. The topological polar surface area (TPSA) is 46.5 Å². The van der Waals surface area contributed by atoms with Gasteiger partial charge in [-0.25, -0.2) is 4.39 Å². The van der Waals surface area contributed by atoms with Crippen LogP contribution in [0.2, 0.25) is 0 Å². The van der Waals surface area contributed by atoms with Crippen LogP contribution in [-0.4, -0.2) is 18.0 Å². The Bertz CT molecular complexity index is 645. The first-order valence-corrected chi connectivity index (χ1v) is 5.95. The van der Waals surface area contributed by atoms with E-state index in [2.05, 4.69) is 0 Å². The van der Waals surface area contributed by atoms with Crippen molar-refractivity contribution in [3.63, 3.8) is 0 Å². The maximum atomic E-state index is 13.1. The van der Waals surface area contributed by atoms with Crippen molar-refractivity contribution in [3.8, 4) is 11.5 Å². The number of allylic oxidation sites excluding steroid dienone is 1. The summed E-state index contributed by atoms with van der Waals surface area (Å²) in [5.41, 5.74) is 0.741. The van der Waals surface area contributed by atoms with Crippen LogP contribution in [0, 0.1) is 5.82 Å². The number of hydrogen-bond donors (Lipinski definition) is 1. The minimum atomic E-state index is -0.566. The number of methoxy groups -OCH3 is 1. The molecule has 0 radical (unpaired) electrons. The molecule has 0 saturated heterocycles. The van der Waals surface area contributed by atoms with Crippen molar-refractivity contribution in [2.45, 2.75) is 0 Å². The number of carbonyl (C=O) groups is 1. The smallest absolute Gasteiger partial charge is 0.189 e. The molecule has 2 rings (SSSR count). The Morgan fingerprint density at radius 2 is 1.90 bits per heavy atom. The number of rotatable bonds is 4. The lowest BCUT2D eigenvalue weighted by molar-refractivity contribution is 0.104. The van der Waals surface area contributed by atoms with Crippen molar-refractivity contribution >= 4 is 11.9 Å². The van der Waals surface area contributed by atoms with E-state index in [1.165, 1.54) is 6.08 Å². The zero-order valence-electron chi connectivity index (χ0n) is 10.8. The minimum absolute atomic E-state index is 0.0604. The van der Waals surface area contributed by atoms with E-state index in [1.54, 1.807) is 37.5 Å². The molecule has 0 unspecified atom stereocenters. The second kappa shape index (κ2) is 6.02. The number of ketones is 1. The SMILES string of the molecule is COc1ccc(/C=C/C(=O)c2cc(F)ccc2O)cc1. The maximum Gasteiger partial charge on any atom is 0.189 e. The molecular weight excluding hydrogens is 259 g/mol. The van der Waals surface area contributed by atoms with Crippen LogP contribution in [-0.2, 0) is 0 Å². The highest BCUT2D eigenvalue weighted by Crippen LogP contribution is 2.19. The lowest BCUT2D eigenvalue weighted by atomic mass is 10.1. The normalized spacial score (nSPS) is 10.7. The number of benzene rings is 2. The van der Waals surface area contributed by atoms with Crippen molar-refractivity contribution in [3.05, 3.63) is 65.5 Å². The predicted molar refractivity (Wildman–Crippen MR) is 74.4 cm³/mol. The largest absolute Gasteiger partial charge is 0.507 e. The van der Waals surface area contributed by atoms with Crippen LogP contribution in [0.1, 0.15) is 15.9 Å². The van der Waals surface area contributed by atoms with E-state index in [4.69, 9.17) is 4.74 Å². The van der Waals surface area contributed by atoms with E-state index >= 15 is 0 Å². The molecule has 0 aliphatic heterocycles. The van der Waals surface area contributed by atoms with E-state index in [1.807, 2.05) is 0 Å². The zero-order valence-corrected chi connectivity index (χ0v) is 10.8. The standard InChI is InChI=1S/C16H13FO3/c1-20-13-6-2-11(3-7-13)4-8-15(18)14-10-12(17)5-9-16(14)19/h2-10,19H,1H3/b8-4+. The van der Waals surface area contributed by atoms with Crippen LogP contribution in [0.3, 0.4) is 0 Å². The average molecular weight is 272 g/mol. The summed E-state index contributed by atoms with van der Waals surface area (Å²) >= 11 is 0. The number of carbonyl (C=O) groups excluding carboxylic acids is 1. The van der Waals surface area contributed by atoms with Gasteiger partial charge in [0, 0.05) is 0 Å². The first-order valence-electron chi connectivity index (χ1n) is 5.95. The quantitative estimate of drug-likeness (QED) is 0.685. The van der Waals surface area contributed by atoms with Gasteiger partial charge in [-0.15, -0.1) is 0 Å². The van der Waals surface area contributed by atoms with Crippen LogP contribution in [0.25, 0.3) is 6.08 Å². The van der Waals surface area contributed by atoms with E-state index in [0.29, 0.717) is 0 Å². The zero-order chi connectivity index (χ0) is 14.5. The Labute approximate surface area is 115 Å². The molecule has 20 heavy (non-hydrogen) atoms. The molecule has 0 bridgehead atoms. The Morgan fingerprint density at radius 3 is 2.55 bits per heavy atom. The maximum absolute atomic E-state index is 13.1. The average Bonchev–Trinajstić information content (AvgIpc) is 2.47. The number of phenols is 1. The highest BCUT2D eigenvalue weighted by molar-refractivity contribution is 6.08. The third-order valence-electron chi connectivity index (χ3n) is 2.77. The van der Waals surface area contributed by atoms with Gasteiger partial charge in [0.05, 0.1) is 12.7 Å². The first kappa shape index (κ1) is 13.8. The second-order valence-electron chi connectivity index (χ2n) is 4.13. The summed E-state index contributed by atoms with van der Waals surface area (Å²) in [5.74, 6) is -0.547. The van der Waals surface area contributed by atoms with Crippen molar-refractivity contribution in [1.29, 1.82) is 0 Å². The summed E-state index contributed by atoms with van der Waals surface area (Å²) in [6, 6.07) is 10.4. The number of halogens is 1. The van der Waals surface area contributed by atoms with Gasteiger partial charge in [-0.2, -0.15) is 0 Å². The molecular formula is C16H13FO3. The molecule has 0 aliphatic rings. The molecule has 0 fully saturated rings. The summed E-state index contributed by atoms with van der Waals surface area (Å²) in [5, 5.41) is 9.53. The van der Waals surface area contributed by atoms with Gasteiger partial charge >= 0.3 is 0 Å². The van der Waals surface area contributed by atoms with Gasteiger partial charge in [0.25, 0.3) is 0 Å². The van der Waals surface area contributed by atoms with Gasteiger partial charge in [-0.05, 0) is 42.0 Å². The number of phenolic OH excluding ortho intramolecular Hbond substituents is 1. The summed E-state index contributed by atoms with van der Waals surface area (Å²) < 4.78 is 18.1. The second-order valence-corrected chi connectivity index (χ2v) is 4.13. The molecule has 0 aromatic heterocycles. The third-order valence-corrected chi connectivity index (χ3v) is 2.77. The van der Waals surface area contributed by atoms with Crippen LogP contribution in [0.5, 0.6) is 11.5 Å². The lowest BCUT2D eigenvalue weighted by Gasteiger charge is -2.01. The third kappa shape index (κ3) is 3.23. The molecule has 0 spiro atoms. The summed E-state index contributed by atoms with van der Waals surface area (Å²) in [7, 11) is 1.57. The van der Waals surface area contributed by atoms with E-state index in [-0.39, 0.29) is 11.3 Å². The minimum Gasteiger partial charge on any atom is -0.507 e. The Morgan fingerprint density at radius 1 is 1.20 bits per heavy atom. The molecule has 0 heterocycles. The fourth-order valence-corrected chi connectivity index (χ4v) is 1.68. The predicted octanol–water partition coefficient (Wildman–Crippen LogP) is 3.44. The van der Waals surface area contributed by atoms with Crippen molar-refractivity contribution in [2.24, 2.45) is 0 Å². The fourth-order valence-electron chi connectivity index (χ4n) is 1.68. The van der Waals surface area contributed by atoms with E-state index in [9.17, 15) is 14.3 Å². The van der Waals surface area contributed by atoms with Gasteiger partial charge in [0.2, 0.25) is 0 Å². The highest BCUT2D eigenvalue weighted by Gasteiger charge is 2.09. The number of aromatic hydroxyl groups is 1. The number of hydrogen-bond acceptors (Lipinski definition) is 3. The molecule has 1 N–H and O–H groups in total. The van der Waals surface area contributed by atoms with Crippen molar-refractivity contribution in [2.75, 3.05) is 7.11 Å². The molecule has 2 aromatic carbocycles. The van der Waals surface area contributed by atoms with Crippen LogP contribution < -0.4 is 4.74 Å². The number of ether oxygens (including phenoxy) is 1. The van der Waals surface area contributed by atoms with Gasteiger partial charge in [-0.1, -0.05) is 18.2 Å². The van der Waals surface area contributed by atoms with E-state index < -0.39 is 11.6 Å². The molecule has 0 aliphatic carbocycles. The van der Waals surface area contributed by atoms with Crippen molar-refractivity contribution in [1.82, 2.24) is 0 Å². The van der Waals surface area contributed by atoms with E-state index in [0.717, 1.165) is 29.5 Å². The van der Waals surface area contributed by atoms with Gasteiger partial charge in [0.15, 0.2) is 5.78 Å². The van der Waals surface area contributed by atoms with Crippen molar-refractivity contribution < 1.29 is 19.0 Å². The Hall–Kier alpha value is -2.62. The molecule has 4 heteroatoms.